The fourth-order valence-electron chi connectivity index (χ4n) is 2.16. The lowest BCUT2D eigenvalue weighted by atomic mass is 10.1. The van der Waals surface area contributed by atoms with Crippen LogP contribution in [0.3, 0.4) is 0 Å². The highest BCUT2D eigenvalue weighted by Gasteiger charge is 2.07. The number of rotatable bonds is 3. The summed E-state index contributed by atoms with van der Waals surface area (Å²) in [4.78, 5) is 8.95. The van der Waals surface area contributed by atoms with Gasteiger partial charge in [-0.15, -0.1) is 0 Å². The molecule has 0 aliphatic carbocycles. The van der Waals surface area contributed by atoms with E-state index in [-0.39, 0.29) is 6.04 Å². The lowest BCUT2D eigenvalue weighted by Gasteiger charge is -2.15. The van der Waals surface area contributed by atoms with Gasteiger partial charge in [-0.05, 0) is 36.8 Å². The Labute approximate surface area is 117 Å². The molecule has 0 spiro atoms. The minimum absolute atomic E-state index is 0.119. The summed E-state index contributed by atoms with van der Waals surface area (Å²) in [5, 5.41) is 3.35. The molecule has 0 bridgehead atoms. The first-order valence-electron chi connectivity index (χ1n) is 6.56. The molecule has 1 unspecified atom stereocenters. The van der Waals surface area contributed by atoms with Crippen LogP contribution < -0.4 is 11.1 Å². The summed E-state index contributed by atoms with van der Waals surface area (Å²) in [6, 6.07) is 15.8. The molecule has 3 N–H and O–H groups in total. The molecule has 2 aromatic carbocycles. The van der Waals surface area contributed by atoms with Crippen LogP contribution in [0.4, 0.5) is 11.5 Å². The van der Waals surface area contributed by atoms with Gasteiger partial charge in [0, 0.05) is 5.69 Å². The van der Waals surface area contributed by atoms with Gasteiger partial charge in [-0.2, -0.15) is 0 Å². The monoisotopic (exact) mass is 264 g/mol. The lowest BCUT2D eigenvalue weighted by molar-refractivity contribution is 0.875. The smallest absolute Gasteiger partial charge is 0.145 e. The van der Waals surface area contributed by atoms with Crippen LogP contribution in [0.1, 0.15) is 18.5 Å². The van der Waals surface area contributed by atoms with Crippen molar-refractivity contribution in [3.8, 4) is 0 Å². The van der Waals surface area contributed by atoms with Crippen LogP contribution >= 0.6 is 0 Å². The highest BCUT2D eigenvalue weighted by Crippen LogP contribution is 2.20. The van der Waals surface area contributed by atoms with Gasteiger partial charge >= 0.3 is 0 Å². The maximum Gasteiger partial charge on any atom is 0.145 e. The summed E-state index contributed by atoms with van der Waals surface area (Å²) in [6.07, 6.45) is 1.76. The van der Waals surface area contributed by atoms with Crippen molar-refractivity contribution in [3.05, 3.63) is 60.3 Å². The third kappa shape index (κ3) is 2.54. The van der Waals surface area contributed by atoms with E-state index in [0.717, 1.165) is 28.1 Å². The fraction of sp³-hybridized carbons (Fsp3) is 0.125. The number of aromatic nitrogens is 2. The number of hydrogen-bond acceptors (Lipinski definition) is 4. The first kappa shape index (κ1) is 12.4. The topological polar surface area (TPSA) is 63.8 Å². The maximum absolute atomic E-state index is 5.81. The Balaban J connectivity index is 1.85. The average molecular weight is 264 g/mol. The van der Waals surface area contributed by atoms with Crippen LogP contribution in [0.2, 0.25) is 0 Å². The van der Waals surface area contributed by atoms with E-state index in [1.54, 1.807) is 6.20 Å². The second kappa shape index (κ2) is 5.17. The van der Waals surface area contributed by atoms with Gasteiger partial charge in [0.05, 0.1) is 23.3 Å². The average Bonchev–Trinajstić information content (AvgIpc) is 2.47. The Kier molecular flexibility index (Phi) is 3.21. The van der Waals surface area contributed by atoms with Gasteiger partial charge in [0.15, 0.2) is 0 Å². The fourth-order valence-corrected chi connectivity index (χ4v) is 2.16. The highest BCUT2D eigenvalue weighted by molar-refractivity contribution is 5.75. The van der Waals surface area contributed by atoms with E-state index in [0.29, 0.717) is 0 Å². The predicted molar refractivity (Wildman–Crippen MR) is 82.4 cm³/mol. The van der Waals surface area contributed by atoms with E-state index < -0.39 is 0 Å². The Hall–Kier alpha value is -2.62. The zero-order valence-electron chi connectivity index (χ0n) is 11.2. The molecular formula is C16H16N4. The molecule has 3 rings (SSSR count). The van der Waals surface area contributed by atoms with E-state index in [4.69, 9.17) is 5.73 Å². The van der Waals surface area contributed by atoms with Crippen molar-refractivity contribution >= 4 is 22.5 Å². The Morgan fingerprint density at radius 1 is 1.05 bits per heavy atom. The summed E-state index contributed by atoms with van der Waals surface area (Å²) in [5.74, 6) is 0.763. The van der Waals surface area contributed by atoms with Gasteiger partial charge in [0.1, 0.15) is 5.82 Å². The molecule has 4 heteroatoms. The number of hydrogen-bond donors (Lipinski definition) is 2. The van der Waals surface area contributed by atoms with Crippen molar-refractivity contribution in [3.63, 3.8) is 0 Å². The van der Waals surface area contributed by atoms with Crippen LogP contribution in [0.25, 0.3) is 11.0 Å². The molecule has 0 fully saturated rings. The summed E-state index contributed by atoms with van der Waals surface area (Å²) >= 11 is 0. The van der Waals surface area contributed by atoms with Crippen molar-refractivity contribution in [1.82, 2.24) is 9.97 Å². The molecule has 0 aliphatic rings. The largest absolute Gasteiger partial charge is 0.399 e. The highest BCUT2D eigenvalue weighted by atomic mass is 15.0. The molecule has 0 aliphatic heterocycles. The number of nitrogens with two attached hydrogens (primary N) is 1. The van der Waals surface area contributed by atoms with Crippen LogP contribution in [0.5, 0.6) is 0 Å². The number of fused-ring (bicyclic) bond motifs is 1. The number of anilines is 2. The number of para-hydroxylation sites is 2. The van der Waals surface area contributed by atoms with Crippen molar-refractivity contribution in [1.29, 1.82) is 0 Å². The van der Waals surface area contributed by atoms with Crippen molar-refractivity contribution < 1.29 is 0 Å². The zero-order valence-corrected chi connectivity index (χ0v) is 11.2. The van der Waals surface area contributed by atoms with E-state index in [1.165, 1.54) is 0 Å². The normalized spacial score (nSPS) is 12.2. The maximum atomic E-state index is 5.81. The van der Waals surface area contributed by atoms with E-state index in [2.05, 4.69) is 22.2 Å². The SMILES string of the molecule is CC(Nc1cnc2ccccc2n1)c1cccc(N)c1. The molecular weight excluding hydrogens is 248 g/mol. The molecule has 0 radical (unpaired) electrons. The van der Waals surface area contributed by atoms with Crippen molar-refractivity contribution in [2.75, 3.05) is 11.1 Å². The number of nitrogen functional groups attached to an aromatic ring is 1. The molecule has 0 amide bonds. The molecule has 1 heterocycles. The Morgan fingerprint density at radius 3 is 2.65 bits per heavy atom. The summed E-state index contributed by atoms with van der Waals surface area (Å²) in [5.41, 5.74) is 9.48. The molecule has 100 valence electrons. The first-order chi connectivity index (χ1) is 9.72. The van der Waals surface area contributed by atoms with Gasteiger partial charge in [-0.1, -0.05) is 24.3 Å². The molecule has 20 heavy (non-hydrogen) atoms. The first-order valence-corrected chi connectivity index (χ1v) is 6.56. The summed E-state index contributed by atoms with van der Waals surface area (Å²) in [7, 11) is 0. The standard InChI is InChI=1S/C16H16N4/c1-11(12-5-4-6-13(17)9-12)19-16-10-18-14-7-2-3-8-15(14)20-16/h2-11H,17H2,1H3,(H,19,20). The van der Waals surface area contributed by atoms with Gasteiger partial charge in [-0.3, -0.25) is 4.98 Å². The lowest BCUT2D eigenvalue weighted by Crippen LogP contribution is -2.08. The molecule has 0 saturated carbocycles. The van der Waals surface area contributed by atoms with Crippen LogP contribution in [0.15, 0.2) is 54.7 Å². The third-order valence-electron chi connectivity index (χ3n) is 3.22. The quantitative estimate of drug-likeness (QED) is 0.712. The van der Waals surface area contributed by atoms with Crippen molar-refractivity contribution in [2.24, 2.45) is 0 Å². The minimum Gasteiger partial charge on any atom is -0.399 e. The number of nitrogens with one attached hydrogen (secondary N) is 1. The van der Waals surface area contributed by atoms with Crippen LogP contribution in [-0.2, 0) is 0 Å². The number of nitrogens with zero attached hydrogens (tertiary/aromatic N) is 2. The van der Waals surface area contributed by atoms with E-state index >= 15 is 0 Å². The Morgan fingerprint density at radius 2 is 1.85 bits per heavy atom. The van der Waals surface area contributed by atoms with Crippen LogP contribution in [0, 0.1) is 0 Å². The van der Waals surface area contributed by atoms with E-state index in [9.17, 15) is 0 Å². The predicted octanol–water partition coefficient (Wildman–Crippen LogP) is 3.39. The second-order valence-corrected chi connectivity index (χ2v) is 4.78. The van der Waals surface area contributed by atoms with Gasteiger partial charge in [0.2, 0.25) is 0 Å². The van der Waals surface area contributed by atoms with Gasteiger partial charge < -0.3 is 11.1 Å². The molecule has 1 atom stereocenters. The zero-order chi connectivity index (χ0) is 13.9. The molecule has 0 saturated heterocycles. The molecule has 3 aromatic rings. The number of benzene rings is 2. The Bertz CT molecular complexity index is 739. The van der Waals surface area contributed by atoms with E-state index in [1.807, 2.05) is 48.5 Å². The summed E-state index contributed by atoms with van der Waals surface area (Å²) in [6.45, 7) is 2.08. The van der Waals surface area contributed by atoms with Crippen molar-refractivity contribution in [2.45, 2.75) is 13.0 Å². The summed E-state index contributed by atoms with van der Waals surface area (Å²) < 4.78 is 0. The third-order valence-corrected chi connectivity index (χ3v) is 3.22. The minimum atomic E-state index is 0.119. The molecule has 1 aromatic heterocycles. The van der Waals surface area contributed by atoms with Gasteiger partial charge in [0.25, 0.3) is 0 Å². The van der Waals surface area contributed by atoms with Gasteiger partial charge in [-0.25, -0.2) is 4.98 Å². The molecule has 4 nitrogen and oxygen atoms in total. The second-order valence-electron chi connectivity index (χ2n) is 4.78. The van der Waals surface area contributed by atoms with Crippen LogP contribution in [-0.4, -0.2) is 9.97 Å².